The lowest BCUT2D eigenvalue weighted by atomic mass is 10.1. The Morgan fingerprint density at radius 3 is 2.33 bits per heavy atom. The quantitative estimate of drug-likeness (QED) is 0.526. The first-order valence-electron chi connectivity index (χ1n) is 7.96. The summed E-state index contributed by atoms with van der Waals surface area (Å²) in [4.78, 5) is 24.8. The highest BCUT2D eigenvalue weighted by atomic mass is 16.5. The number of nitrogens with zero attached hydrogens (tertiary/aromatic N) is 1. The highest BCUT2D eigenvalue weighted by Crippen LogP contribution is 2.28. The summed E-state index contributed by atoms with van der Waals surface area (Å²) in [6, 6.07) is 17.4. The minimum absolute atomic E-state index is 0.138. The molecule has 4 nitrogen and oxygen atoms in total. The molecule has 3 rings (SSSR count). The molecule has 0 unspecified atom stereocenters. The van der Waals surface area contributed by atoms with Crippen molar-refractivity contribution in [3.05, 3.63) is 71.4 Å². The van der Waals surface area contributed by atoms with Gasteiger partial charge in [-0.2, -0.15) is 0 Å². The van der Waals surface area contributed by atoms with Crippen LogP contribution < -0.4 is 0 Å². The van der Waals surface area contributed by atoms with Crippen LogP contribution in [0.15, 0.2) is 54.6 Å². The fourth-order valence-corrected chi connectivity index (χ4v) is 3.00. The zero-order valence-electron chi connectivity index (χ0n) is 13.8. The lowest BCUT2D eigenvalue weighted by Gasteiger charge is -2.11. The van der Waals surface area contributed by atoms with E-state index in [4.69, 9.17) is 4.74 Å². The van der Waals surface area contributed by atoms with Crippen LogP contribution in [-0.4, -0.2) is 22.9 Å². The molecule has 0 N–H and O–H groups in total. The van der Waals surface area contributed by atoms with Gasteiger partial charge in [-0.1, -0.05) is 48.5 Å². The van der Waals surface area contributed by atoms with Crippen molar-refractivity contribution in [2.24, 2.45) is 0 Å². The highest BCUT2D eigenvalue weighted by Gasteiger charge is 2.26. The average Bonchev–Trinajstić information content (AvgIpc) is 2.91. The van der Waals surface area contributed by atoms with E-state index in [0.29, 0.717) is 17.8 Å². The Balaban J connectivity index is 2.26. The molecule has 0 spiro atoms. The number of rotatable bonds is 5. The number of esters is 1. The van der Waals surface area contributed by atoms with Crippen LogP contribution in [0.1, 0.15) is 40.3 Å². The summed E-state index contributed by atoms with van der Waals surface area (Å²) in [5, 5.41) is 0.781. The van der Waals surface area contributed by atoms with Gasteiger partial charge in [0.25, 0.3) is 0 Å². The van der Waals surface area contributed by atoms with Crippen molar-refractivity contribution in [3.63, 3.8) is 0 Å². The van der Waals surface area contributed by atoms with Crippen LogP contribution in [0.2, 0.25) is 0 Å². The molecule has 0 bridgehead atoms. The smallest absolute Gasteiger partial charge is 0.355 e. The molecular formula is C20H19NO3. The lowest BCUT2D eigenvalue weighted by Crippen LogP contribution is -2.16. The summed E-state index contributed by atoms with van der Waals surface area (Å²) in [6.07, 6.45) is 0. The van der Waals surface area contributed by atoms with Gasteiger partial charge in [0.1, 0.15) is 5.69 Å². The second-order valence-electron chi connectivity index (χ2n) is 5.59. The molecule has 0 aliphatic carbocycles. The number of para-hydroxylation sites is 1. The maximum Gasteiger partial charge on any atom is 0.355 e. The average molecular weight is 321 g/mol. The van der Waals surface area contributed by atoms with E-state index in [0.717, 1.165) is 16.5 Å². The topological polar surface area (TPSA) is 48.3 Å². The molecule has 1 heterocycles. The van der Waals surface area contributed by atoms with Crippen molar-refractivity contribution in [2.45, 2.75) is 20.4 Å². The molecule has 0 aliphatic heterocycles. The van der Waals surface area contributed by atoms with Gasteiger partial charge in [0, 0.05) is 17.4 Å². The van der Waals surface area contributed by atoms with Gasteiger partial charge < -0.3 is 9.30 Å². The Labute approximate surface area is 140 Å². The lowest BCUT2D eigenvalue weighted by molar-refractivity contribution is 0.0512. The summed E-state index contributed by atoms with van der Waals surface area (Å²) >= 11 is 0. The molecule has 0 fully saturated rings. The van der Waals surface area contributed by atoms with E-state index < -0.39 is 5.97 Å². The molecule has 2 aromatic carbocycles. The third-order valence-corrected chi connectivity index (χ3v) is 3.98. The number of hydrogen-bond donors (Lipinski definition) is 0. The number of Topliss-reactive ketones (excluding diaryl/α,β-unsaturated/α-hetero) is 1. The second kappa shape index (κ2) is 6.71. The van der Waals surface area contributed by atoms with Crippen LogP contribution in [0, 0.1) is 0 Å². The first-order chi connectivity index (χ1) is 11.6. The van der Waals surface area contributed by atoms with Crippen molar-refractivity contribution in [1.29, 1.82) is 0 Å². The Morgan fingerprint density at radius 1 is 1.00 bits per heavy atom. The molecule has 4 heteroatoms. The van der Waals surface area contributed by atoms with E-state index in [-0.39, 0.29) is 12.4 Å². The number of benzene rings is 2. The van der Waals surface area contributed by atoms with Crippen molar-refractivity contribution in [3.8, 4) is 0 Å². The Kier molecular flexibility index (Phi) is 4.47. The normalized spacial score (nSPS) is 10.8. The molecule has 0 saturated carbocycles. The van der Waals surface area contributed by atoms with Crippen molar-refractivity contribution >= 4 is 22.7 Å². The standard InChI is InChI=1S/C20H19NO3/c1-3-24-20(23)19-18(14(2)22)16-11-7-8-12-17(16)21(19)13-15-9-5-4-6-10-15/h4-12H,3,13H2,1-2H3. The molecule has 0 atom stereocenters. The van der Waals surface area contributed by atoms with E-state index in [1.165, 1.54) is 6.92 Å². The first kappa shape index (κ1) is 16.0. The van der Waals surface area contributed by atoms with Crippen molar-refractivity contribution in [2.75, 3.05) is 6.61 Å². The Bertz CT molecular complexity index is 894. The van der Waals surface area contributed by atoms with Gasteiger partial charge in [0.2, 0.25) is 0 Å². The number of ether oxygens (including phenoxy) is 1. The minimum Gasteiger partial charge on any atom is -0.461 e. The van der Waals surface area contributed by atoms with E-state index in [2.05, 4.69) is 0 Å². The van der Waals surface area contributed by atoms with Crippen molar-refractivity contribution < 1.29 is 14.3 Å². The largest absolute Gasteiger partial charge is 0.461 e. The maximum atomic E-state index is 12.6. The molecule has 1 aromatic heterocycles. The fourth-order valence-electron chi connectivity index (χ4n) is 3.00. The number of aromatic nitrogens is 1. The predicted octanol–water partition coefficient (Wildman–Crippen LogP) is 4.07. The van der Waals surface area contributed by atoms with Gasteiger partial charge >= 0.3 is 5.97 Å². The molecule has 24 heavy (non-hydrogen) atoms. The van der Waals surface area contributed by atoms with Crippen LogP contribution in [0.3, 0.4) is 0 Å². The van der Waals surface area contributed by atoms with Gasteiger partial charge in [-0.25, -0.2) is 4.79 Å². The third-order valence-electron chi connectivity index (χ3n) is 3.98. The van der Waals surface area contributed by atoms with Crippen LogP contribution in [0.4, 0.5) is 0 Å². The Morgan fingerprint density at radius 2 is 1.67 bits per heavy atom. The minimum atomic E-state index is -0.463. The van der Waals surface area contributed by atoms with Crippen molar-refractivity contribution in [1.82, 2.24) is 4.57 Å². The summed E-state index contributed by atoms with van der Waals surface area (Å²) < 4.78 is 7.09. The molecular weight excluding hydrogens is 302 g/mol. The maximum absolute atomic E-state index is 12.6. The number of carbonyl (C=O) groups excluding carboxylic acids is 2. The summed E-state index contributed by atoms with van der Waals surface area (Å²) in [5.41, 5.74) is 2.67. The fraction of sp³-hybridized carbons (Fsp3) is 0.200. The number of hydrogen-bond acceptors (Lipinski definition) is 3. The van der Waals surface area contributed by atoms with Gasteiger partial charge in [-0.05, 0) is 25.5 Å². The zero-order valence-corrected chi connectivity index (χ0v) is 13.8. The number of ketones is 1. The zero-order chi connectivity index (χ0) is 17.1. The highest BCUT2D eigenvalue weighted by molar-refractivity contribution is 6.14. The molecule has 0 amide bonds. The molecule has 122 valence electrons. The SMILES string of the molecule is CCOC(=O)c1c(C(C)=O)c2ccccc2n1Cc1ccccc1. The van der Waals surface area contributed by atoms with E-state index in [1.54, 1.807) is 6.92 Å². The summed E-state index contributed by atoms with van der Waals surface area (Å²) in [6.45, 7) is 4.01. The van der Waals surface area contributed by atoms with Crippen LogP contribution in [0.25, 0.3) is 10.9 Å². The molecule has 0 saturated heterocycles. The number of fused-ring (bicyclic) bond motifs is 1. The van der Waals surface area contributed by atoms with E-state index >= 15 is 0 Å². The van der Waals surface area contributed by atoms with E-state index in [1.807, 2.05) is 59.2 Å². The van der Waals surface area contributed by atoms with Crippen LogP contribution in [0.5, 0.6) is 0 Å². The van der Waals surface area contributed by atoms with Gasteiger partial charge in [-0.3, -0.25) is 4.79 Å². The molecule has 3 aromatic rings. The Hall–Kier alpha value is -2.88. The first-order valence-corrected chi connectivity index (χ1v) is 7.96. The van der Waals surface area contributed by atoms with Gasteiger partial charge in [0.05, 0.1) is 12.2 Å². The van der Waals surface area contributed by atoms with Crippen LogP contribution >= 0.6 is 0 Å². The second-order valence-corrected chi connectivity index (χ2v) is 5.59. The van der Waals surface area contributed by atoms with E-state index in [9.17, 15) is 9.59 Å². The monoisotopic (exact) mass is 321 g/mol. The van der Waals surface area contributed by atoms with Crippen LogP contribution in [-0.2, 0) is 11.3 Å². The summed E-state index contributed by atoms with van der Waals surface area (Å²) in [7, 11) is 0. The number of carbonyl (C=O) groups is 2. The third kappa shape index (κ3) is 2.83. The van der Waals surface area contributed by atoms with Gasteiger partial charge in [-0.15, -0.1) is 0 Å². The molecule has 0 radical (unpaired) electrons. The van der Waals surface area contributed by atoms with Gasteiger partial charge in [0.15, 0.2) is 5.78 Å². The summed E-state index contributed by atoms with van der Waals surface area (Å²) in [5.74, 6) is -0.601. The predicted molar refractivity (Wildman–Crippen MR) is 93.4 cm³/mol. The molecule has 0 aliphatic rings.